The van der Waals surface area contributed by atoms with E-state index in [-0.39, 0.29) is 11.3 Å². The number of fused-ring (bicyclic) bond motifs is 1. The number of amides is 1. The van der Waals surface area contributed by atoms with Gasteiger partial charge in [0.15, 0.2) is 11.5 Å². The molecule has 1 unspecified atom stereocenters. The summed E-state index contributed by atoms with van der Waals surface area (Å²) in [5.41, 5.74) is 3.77. The molecule has 7 rings (SSSR count). The highest BCUT2D eigenvalue weighted by Crippen LogP contribution is 2.41. The van der Waals surface area contributed by atoms with Crippen LogP contribution in [0.4, 0.5) is 5.95 Å². The van der Waals surface area contributed by atoms with Crippen LogP contribution in [0.1, 0.15) is 35.2 Å². The fourth-order valence-electron chi connectivity index (χ4n) is 7.65. The number of hydrogen-bond donors (Lipinski definition) is 0. The molecule has 0 N–H and O–H groups in total. The maximum Gasteiger partial charge on any atom is 0.254 e. The highest BCUT2D eigenvalue weighted by molar-refractivity contribution is 5.96. The number of anilines is 1. The number of rotatable bonds is 12. The number of carbonyl (C=O) groups is 1. The number of para-hydroxylation sites is 2. The molecule has 2 saturated heterocycles. The van der Waals surface area contributed by atoms with Gasteiger partial charge in [0.1, 0.15) is 0 Å². The Bertz CT molecular complexity index is 1870. The minimum atomic E-state index is -0.174. The average molecular weight is 679 g/mol. The second-order valence-corrected chi connectivity index (χ2v) is 13.2. The van der Waals surface area contributed by atoms with Gasteiger partial charge in [-0.1, -0.05) is 12.1 Å². The maximum absolute atomic E-state index is 14.0. The van der Waals surface area contributed by atoms with E-state index < -0.39 is 0 Å². The van der Waals surface area contributed by atoms with Crippen LogP contribution in [0.2, 0.25) is 0 Å². The van der Waals surface area contributed by atoms with Gasteiger partial charge in [0.05, 0.1) is 38.7 Å². The fraction of sp³-hybridized carbons (Fsp3) is 0.421. The highest BCUT2D eigenvalue weighted by atomic mass is 16.5. The molecule has 2 fully saturated rings. The second kappa shape index (κ2) is 14.8. The Balaban J connectivity index is 1.06. The molecule has 262 valence electrons. The molecular weight excluding hydrogens is 632 g/mol. The predicted octanol–water partition coefficient (Wildman–Crippen LogP) is 4.74. The molecule has 3 aromatic heterocycles. The van der Waals surface area contributed by atoms with E-state index in [0.717, 1.165) is 82.1 Å². The Labute approximate surface area is 293 Å². The summed E-state index contributed by atoms with van der Waals surface area (Å²) >= 11 is 0. The molecular formula is C38H46N8O4. The third-order valence-corrected chi connectivity index (χ3v) is 10.4. The number of aromatic nitrogens is 5. The Morgan fingerprint density at radius 2 is 1.64 bits per heavy atom. The summed E-state index contributed by atoms with van der Waals surface area (Å²) in [5, 5.41) is 0. The summed E-state index contributed by atoms with van der Waals surface area (Å²) in [7, 11) is 4.70. The van der Waals surface area contributed by atoms with Crippen molar-refractivity contribution in [2.24, 2.45) is 0 Å². The first-order chi connectivity index (χ1) is 24.5. The Morgan fingerprint density at radius 3 is 2.38 bits per heavy atom. The van der Waals surface area contributed by atoms with Gasteiger partial charge in [-0.05, 0) is 74.3 Å². The lowest BCUT2D eigenvalue weighted by molar-refractivity contribution is 0.0780. The number of methoxy groups -OCH3 is 3. The lowest BCUT2D eigenvalue weighted by Crippen LogP contribution is -2.39. The molecule has 0 bridgehead atoms. The van der Waals surface area contributed by atoms with E-state index in [1.807, 2.05) is 36.0 Å². The first-order valence-corrected chi connectivity index (χ1v) is 17.4. The first-order valence-electron chi connectivity index (χ1n) is 17.4. The average Bonchev–Trinajstić information content (AvgIpc) is 3.89. The van der Waals surface area contributed by atoms with Gasteiger partial charge in [0, 0.05) is 81.6 Å². The van der Waals surface area contributed by atoms with Crippen molar-refractivity contribution in [1.29, 1.82) is 0 Å². The number of hydrogen-bond acceptors (Lipinski definition) is 9. The van der Waals surface area contributed by atoms with Gasteiger partial charge in [0.2, 0.25) is 11.7 Å². The van der Waals surface area contributed by atoms with Crippen LogP contribution in [0.3, 0.4) is 0 Å². The third kappa shape index (κ3) is 6.72. The van der Waals surface area contributed by atoms with Crippen LogP contribution in [0.15, 0.2) is 79.6 Å². The second-order valence-electron chi connectivity index (χ2n) is 13.2. The third-order valence-electron chi connectivity index (χ3n) is 10.4. The molecule has 1 atom stereocenters. The van der Waals surface area contributed by atoms with Crippen molar-refractivity contribution in [2.75, 3.05) is 72.0 Å². The molecule has 2 aliphatic rings. The number of aryl methyl sites for hydroxylation is 2. The number of carbonyl (C=O) groups excluding carboxylic acids is 1. The normalized spacial score (nSPS) is 18.4. The van der Waals surface area contributed by atoms with E-state index in [0.29, 0.717) is 35.9 Å². The topological polar surface area (TPSA) is 103 Å². The molecule has 1 amide bonds. The summed E-state index contributed by atoms with van der Waals surface area (Å²) < 4.78 is 21.1. The summed E-state index contributed by atoms with van der Waals surface area (Å²) in [5.74, 6) is 2.42. The molecule has 0 aliphatic carbocycles. The van der Waals surface area contributed by atoms with Crippen LogP contribution < -0.4 is 19.1 Å². The van der Waals surface area contributed by atoms with Crippen LogP contribution in [0.25, 0.3) is 11.0 Å². The van der Waals surface area contributed by atoms with E-state index in [2.05, 4.69) is 65.3 Å². The molecule has 12 nitrogen and oxygen atoms in total. The summed E-state index contributed by atoms with van der Waals surface area (Å²) in [4.78, 5) is 34.6. The molecule has 12 heteroatoms. The molecule has 50 heavy (non-hydrogen) atoms. The smallest absolute Gasteiger partial charge is 0.254 e. The van der Waals surface area contributed by atoms with Crippen LogP contribution in [0, 0.1) is 0 Å². The molecule has 0 spiro atoms. The van der Waals surface area contributed by atoms with Gasteiger partial charge >= 0.3 is 0 Å². The molecule has 0 radical (unpaired) electrons. The number of nitrogens with zero attached hydrogens (tertiary/aromatic N) is 8. The SMILES string of the molecule is COc1cc(C(=O)N2CCC(CCN3CCCN(c4nc5ccccc5n4CCn4ccnc4)CC3)(c3ccncc3)C2)cc(OC)c1OC. The van der Waals surface area contributed by atoms with Crippen molar-refractivity contribution in [3.63, 3.8) is 0 Å². The zero-order valence-electron chi connectivity index (χ0n) is 29.2. The molecule has 2 aliphatic heterocycles. The lowest BCUT2D eigenvalue weighted by Gasteiger charge is -2.33. The van der Waals surface area contributed by atoms with Crippen molar-refractivity contribution in [1.82, 2.24) is 33.9 Å². The quantitative estimate of drug-likeness (QED) is 0.185. The number of pyridine rings is 1. The Hall–Kier alpha value is -5.10. The van der Waals surface area contributed by atoms with E-state index in [9.17, 15) is 4.79 Å². The van der Waals surface area contributed by atoms with Gasteiger partial charge in [0.25, 0.3) is 5.91 Å². The molecule has 5 heterocycles. The predicted molar refractivity (Wildman–Crippen MR) is 192 cm³/mol. The molecule has 2 aromatic carbocycles. The lowest BCUT2D eigenvalue weighted by atomic mass is 9.77. The van der Waals surface area contributed by atoms with Gasteiger partial charge in [-0.25, -0.2) is 9.97 Å². The Morgan fingerprint density at radius 1 is 0.840 bits per heavy atom. The van der Waals surface area contributed by atoms with E-state index >= 15 is 0 Å². The van der Waals surface area contributed by atoms with Crippen molar-refractivity contribution >= 4 is 22.9 Å². The van der Waals surface area contributed by atoms with Crippen LogP contribution >= 0.6 is 0 Å². The highest BCUT2D eigenvalue weighted by Gasteiger charge is 2.42. The minimum absolute atomic E-state index is 0.0403. The molecule has 5 aromatic rings. The zero-order chi connectivity index (χ0) is 34.5. The van der Waals surface area contributed by atoms with Crippen LogP contribution in [-0.4, -0.2) is 107 Å². The largest absolute Gasteiger partial charge is 0.493 e. The monoisotopic (exact) mass is 678 g/mol. The summed E-state index contributed by atoms with van der Waals surface area (Å²) in [6, 6.07) is 16.1. The van der Waals surface area contributed by atoms with Gasteiger partial charge in [-0.15, -0.1) is 0 Å². The summed E-state index contributed by atoms with van der Waals surface area (Å²) in [6.45, 7) is 7.74. The van der Waals surface area contributed by atoms with Crippen molar-refractivity contribution in [2.45, 2.75) is 37.8 Å². The number of benzene rings is 2. The molecule has 0 saturated carbocycles. The van der Waals surface area contributed by atoms with Gasteiger partial charge in [-0.2, -0.15) is 0 Å². The Kier molecular flexibility index (Phi) is 9.88. The van der Waals surface area contributed by atoms with Crippen LogP contribution in [-0.2, 0) is 18.5 Å². The number of ether oxygens (including phenoxy) is 3. The first kappa shape index (κ1) is 33.4. The number of likely N-dealkylation sites (tertiary alicyclic amines) is 1. The van der Waals surface area contributed by atoms with Crippen molar-refractivity contribution < 1.29 is 19.0 Å². The standard InChI is InChI=1S/C38H46N8O4/c1-48-33-25-29(26-34(49-2)35(33)50-3)36(47)45-19-12-38(27-45,30-9-13-39-14-10-30)11-18-42-16-6-17-44(23-21-42)37-41-31-7-4-5-8-32(31)46(37)24-22-43-20-15-40-28-43/h4-5,7-10,13-15,20,25-26,28H,6,11-12,16-19,21-24,27H2,1-3H3. The fourth-order valence-corrected chi connectivity index (χ4v) is 7.65. The maximum atomic E-state index is 14.0. The zero-order valence-corrected chi connectivity index (χ0v) is 29.2. The van der Waals surface area contributed by atoms with E-state index in [1.54, 1.807) is 33.5 Å². The van der Waals surface area contributed by atoms with Gasteiger partial charge in [-0.3, -0.25) is 9.78 Å². The van der Waals surface area contributed by atoms with Crippen LogP contribution in [0.5, 0.6) is 17.2 Å². The van der Waals surface area contributed by atoms with E-state index in [4.69, 9.17) is 19.2 Å². The summed E-state index contributed by atoms with van der Waals surface area (Å²) in [6.07, 6.45) is 12.3. The minimum Gasteiger partial charge on any atom is -0.493 e. The van der Waals surface area contributed by atoms with Crippen molar-refractivity contribution in [3.8, 4) is 17.2 Å². The van der Waals surface area contributed by atoms with Gasteiger partial charge < -0.3 is 38.0 Å². The number of imidazole rings is 2. The van der Waals surface area contributed by atoms with Crippen molar-refractivity contribution in [3.05, 3.63) is 90.8 Å². The van der Waals surface area contributed by atoms with E-state index in [1.165, 1.54) is 5.56 Å².